The van der Waals surface area contributed by atoms with E-state index in [9.17, 15) is 0 Å². The third-order valence-electron chi connectivity index (χ3n) is 3.38. The minimum atomic E-state index is 0.429. The first kappa shape index (κ1) is 12.2. The second-order valence-electron chi connectivity index (χ2n) is 5.43. The first-order valence-electron chi connectivity index (χ1n) is 6.96. The van der Waals surface area contributed by atoms with Crippen LogP contribution in [0.4, 0.5) is 0 Å². The molecule has 1 aliphatic carbocycles. The summed E-state index contributed by atoms with van der Waals surface area (Å²) in [6.07, 6.45) is 4.71. The normalized spacial score (nSPS) is 14.7. The molecule has 0 radical (unpaired) electrons. The van der Waals surface area contributed by atoms with E-state index in [-0.39, 0.29) is 0 Å². The zero-order valence-electron chi connectivity index (χ0n) is 11.5. The summed E-state index contributed by atoms with van der Waals surface area (Å²) in [4.78, 5) is 4.50. The van der Waals surface area contributed by atoms with E-state index in [1.54, 1.807) is 0 Å². The molecular formula is C17H19NO. The Balaban J connectivity index is 1.88. The summed E-state index contributed by atoms with van der Waals surface area (Å²) in [5.41, 5.74) is 3.58. The second kappa shape index (κ2) is 5.04. The molecule has 0 N–H and O–H groups in total. The lowest BCUT2D eigenvalue weighted by Gasteiger charge is -2.12. The van der Waals surface area contributed by atoms with Gasteiger partial charge in [0.1, 0.15) is 5.75 Å². The fourth-order valence-electron chi connectivity index (χ4n) is 2.21. The summed E-state index contributed by atoms with van der Waals surface area (Å²) >= 11 is 0. The zero-order valence-corrected chi connectivity index (χ0v) is 11.5. The quantitative estimate of drug-likeness (QED) is 0.805. The van der Waals surface area contributed by atoms with E-state index >= 15 is 0 Å². The Morgan fingerprint density at radius 3 is 2.47 bits per heavy atom. The van der Waals surface area contributed by atoms with Gasteiger partial charge in [0, 0.05) is 11.8 Å². The van der Waals surface area contributed by atoms with Gasteiger partial charge in [0.25, 0.3) is 0 Å². The summed E-state index contributed by atoms with van der Waals surface area (Å²) in [7, 11) is 0. The highest BCUT2D eigenvalue weighted by atomic mass is 16.5. The monoisotopic (exact) mass is 253 g/mol. The van der Waals surface area contributed by atoms with E-state index in [2.05, 4.69) is 49.2 Å². The van der Waals surface area contributed by atoms with Gasteiger partial charge in [-0.05, 0) is 42.5 Å². The summed E-state index contributed by atoms with van der Waals surface area (Å²) in [6.45, 7) is 4.35. The number of aromatic nitrogens is 1. The minimum Gasteiger partial charge on any atom is -0.490 e. The standard InChI is InChI=1S/C17H19NO/c1-12(2)17-16(4-3-11-18-17)13-5-7-14(8-6-13)19-15-9-10-15/h3-8,11-12,15H,9-10H2,1-2H3. The van der Waals surface area contributed by atoms with Crippen molar-refractivity contribution >= 4 is 0 Å². The molecule has 2 aromatic rings. The van der Waals surface area contributed by atoms with Crippen molar-refractivity contribution < 1.29 is 4.74 Å². The highest BCUT2D eigenvalue weighted by Crippen LogP contribution is 2.31. The van der Waals surface area contributed by atoms with Crippen molar-refractivity contribution in [1.82, 2.24) is 4.98 Å². The first-order valence-corrected chi connectivity index (χ1v) is 6.96. The lowest BCUT2D eigenvalue weighted by atomic mass is 9.98. The molecule has 1 aromatic heterocycles. The number of ether oxygens (including phenoxy) is 1. The average Bonchev–Trinajstić information content (AvgIpc) is 3.23. The van der Waals surface area contributed by atoms with Gasteiger partial charge in [-0.15, -0.1) is 0 Å². The molecule has 0 bridgehead atoms. The highest BCUT2D eigenvalue weighted by molar-refractivity contribution is 5.67. The Labute approximate surface area is 114 Å². The minimum absolute atomic E-state index is 0.429. The van der Waals surface area contributed by atoms with Gasteiger partial charge in [-0.1, -0.05) is 32.0 Å². The van der Waals surface area contributed by atoms with Crippen LogP contribution in [0.3, 0.4) is 0 Å². The van der Waals surface area contributed by atoms with Gasteiger partial charge in [-0.3, -0.25) is 4.98 Å². The smallest absolute Gasteiger partial charge is 0.119 e. The van der Waals surface area contributed by atoms with Gasteiger partial charge in [-0.2, -0.15) is 0 Å². The van der Waals surface area contributed by atoms with E-state index in [1.165, 1.54) is 24.0 Å². The molecule has 1 heterocycles. The predicted molar refractivity (Wildman–Crippen MR) is 77.4 cm³/mol. The van der Waals surface area contributed by atoms with Gasteiger partial charge >= 0.3 is 0 Å². The van der Waals surface area contributed by atoms with Crippen molar-refractivity contribution in [1.29, 1.82) is 0 Å². The molecule has 0 spiro atoms. The Morgan fingerprint density at radius 2 is 1.84 bits per heavy atom. The van der Waals surface area contributed by atoms with E-state index in [0.717, 1.165) is 11.4 Å². The number of hydrogen-bond donors (Lipinski definition) is 0. The van der Waals surface area contributed by atoms with E-state index in [1.807, 2.05) is 12.3 Å². The van der Waals surface area contributed by atoms with Gasteiger partial charge in [-0.25, -0.2) is 0 Å². The summed E-state index contributed by atoms with van der Waals surface area (Å²) in [5.74, 6) is 1.40. The molecule has 1 fully saturated rings. The molecular weight excluding hydrogens is 234 g/mol. The molecule has 0 unspecified atom stereocenters. The van der Waals surface area contributed by atoms with Gasteiger partial charge in [0.15, 0.2) is 0 Å². The third kappa shape index (κ3) is 2.78. The van der Waals surface area contributed by atoms with Gasteiger partial charge in [0.05, 0.1) is 11.8 Å². The average molecular weight is 253 g/mol. The van der Waals surface area contributed by atoms with Crippen molar-refractivity contribution in [3.63, 3.8) is 0 Å². The molecule has 1 saturated carbocycles. The lowest BCUT2D eigenvalue weighted by Crippen LogP contribution is -1.97. The Morgan fingerprint density at radius 1 is 1.11 bits per heavy atom. The number of rotatable bonds is 4. The largest absolute Gasteiger partial charge is 0.490 e. The van der Waals surface area contributed by atoms with Crippen LogP contribution in [-0.2, 0) is 0 Å². The van der Waals surface area contributed by atoms with Crippen molar-refractivity contribution in [2.24, 2.45) is 0 Å². The third-order valence-corrected chi connectivity index (χ3v) is 3.38. The fraction of sp³-hybridized carbons (Fsp3) is 0.353. The zero-order chi connectivity index (χ0) is 13.2. The van der Waals surface area contributed by atoms with Crippen LogP contribution in [0.25, 0.3) is 11.1 Å². The van der Waals surface area contributed by atoms with E-state index < -0.39 is 0 Å². The number of benzene rings is 1. The number of hydrogen-bond acceptors (Lipinski definition) is 2. The molecule has 19 heavy (non-hydrogen) atoms. The topological polar surface area (TPSA) is 22.1 Å². The summed E-state index contributed by atoms with van der Waals surface area (Å²) < 4.78 is 5.78. The van der Waals surface area contributed by atoms with Crippen LogP contribution in [0.2, 0.25) is 0 Å². The number of pyridine rings is 1. The molecule has 1 aliphatic rings. The molecule has 0 amide bonds. The molecule has 0 atom stereocenters. The van der Waals surface area contributed by atoms with Crippen LogP contribution in [0.15, 0.2) is 42.6 Å². The predicted octanol–water partition coefficient (Wildman–Crippen LogP) is 4.41. The van der Waals surface area contributed by atoms with Crippen LogP contribution < -0.4 is 4.74 Å². The molecule has 2 heteroatoms. The van der Waals surface area contributed by atoms with Crippen molar-refractivity contribution in [2.75, 3.05) is 0 Å². The van der Waals surface area contributed by atoms with Crippen molar-refractivity contribution in [3.05, 3.63) is 48.3 Å². The molecule has 2 nitrogen and oxygen atoms in total. The van der Waals surface area contributed by atoms with Crippen LogP contribution in [0.5, 0.6) is 5.75 Å². The lowest BCUT2D eigenvalue weighted by molar-refractivity contribution is 0.303. The summed E-state index contributed by atoms with van der Waals surface area (Å²) in [5, 5.41) is 0. The Bertz CT molecular complexity index is 556. The highest BCUT2D eigenvalue weighted by Gasteiger charge is 2.23. The Kier molecular flexibility index (Phi) is 3.24. The summed E-state index contributed by atoms with van der Waals surface area (Å²) in [6, 6.07) is 12.5. The van der Waals surface area contributed by atoms with Gasteiger partial charge < -0.3 is 4.74 Å². The number of nitrogens with zero attached hydrogens (tertiary/aromatic N) is 1. The molecule has 98 valence electrons. The van der Waals surface area contributed by atoms with Crippen molar-refractivity contribution in [3.8, 4) is 16.9 Å². The van der Waals surface area contributed by atoms with Crippen LogP contribution in [-0.4, -0.2) is 11.1 Å². The van der Waals surface area contributed by atoms with Gasteiger partial charge in [0.2, 0.25) is 0 Å². The molecule has 0 aliphatic heterocycles. The van der Waals surface area contributed by atoms with Crippen LogP contribution in [0.1, 0.15) is 38.3 Å². The van der Waals surface area contributed by atoms with E-state index in [4.69, 9.17) is 4.74 Å². The SMILES string of the molecule is CC(C)c1ncccc1-c1ccc(OC2CC2)cc1. The van der Waals surface area contributed by atoms with Crippen LogP contribution in [0, 0.1) is 0 Å². The second-order valence-corrected chi connectivity index (χ2v) is 5.43. The first-order chi connectivity index (χ1) is 9.24. The maximum Gasteiger partial charge on any atom is 0.119 e. The maximum atomic E-state index is 5.78. The van der Waals surface area contributed by atoms with Crippen LogP contribution >= 0.6 is 0 Å². The van der Waals surface area contributed by atoms with E-state index in [0.29, 0.717) is 12.0 Å². The maximum absolute atomic E-state index is 5.78. The molecule has 3 rings (SSSR count). The van der Waals surface area contributed by atoms with Crippen molar-refractivity contribution in [2.45, 2.75) is 38.7 Å². The fourth-order valence-corrected chi connectivity index (χ4v) is 2.21. The molecule has 0 saturated heterocycles. The molecule has 1 aromatic carbocycles. The Hall–Kier alpha value is -1.83.